The number of carboxylic acids is 1. The molecule has 0 spiro atoms. The summed E-state index contributed by atoms with van der Waals surface area (Å²) >= 11 is 0. The quantitative estimate of drug-likeness (QED) is 0.0115. The first-order valence-electron chi connectivity index (χ1n) is 50.3. The average molecular weight is 2010 g/mol. The number of ether oxygens (including phenoxy) is 1. The Morgan fingerprint density at radius 1 is 0.313 bits per heavy atom. The first kappa shape index (κ1) is 139. The van der Waals surface area contributed by atoms with Gasteiger partial charge in [0.1, 0.15) is 42.1 Å². The van der Waals surface area contributed by atoms with E-state index in [1.54, 1.807) is 70.2 Å². The molecule has 17 heteroatoms. The number of esters is 1. The number of carboxylic acid groups (broad SMARTS) is 1. The van der Waals surface area contributed by atoms with Gasteiger partial charge in [0.25, 0.3) is 0 Å². The summed E-state index contributed by atoms with van der Waals surface area (Å²) in [6.07, 6.45) is 80.2. The Morgan fingerprint density at radius 3 is 0.755 bits per heavy atom. The first-order chi connectivity index (χ1) is 67.7. The van der Waals surface area contributed by atoms with Crippen molar-refractivity contribution < 1.29 is 64.5 Å². The predicted octanol–water partition coefficient (Wildman–Crippen LogP) is 30.8. The van der Waals surface area contributed by atoms with Gasteiger partial charge in [-0.2, -0.15) is 21.0 Å². The maximum Gasteiger partial charge on any atom is 0.348 e. The summed E-state index contributed by atoms with van der Waals surface area (Å²) in [7, 11) is 0. The molecule has 0 saturated heterocycles. The van der Waals surface area contributed by atoms with Crippen molar-refractivity contribution in [3.63, 3.8) is 0 Å². The molecule has 147 heavy (non-hydrogen) atoms. The number of nitrogens with zero attached hydrogens (tertiary/aromatic N) is 4. The second-order valence-electron chi connectivity index (χ2n) is 42.2. The lowest BCUT2D eigenvalue weighted by Gasteiger charge is -2.35. The van der Waals surface area contributed by atoms with Crippen LogP contribution in [0.2, 0.25) is 0 Å². The number of aliphatic carboxylic acids is 1. The van der Waals surface area contributed by atoms with E-state index in [1.165, 1.54) is 52.2 Å². The Kier molecular flexibility index (Phi) is 66.5. The molecule has 0 bridgehead atoms. The van der Waals surface area contributed by atoms with E-state index in [2.05, 4.69) is 169 Å². The summed E-state index contributed by atoms with van der Waals surface area (Å²) in [6, 6.07) is 7.46. The van der Waals surface area contributed by atoms with Crippen LogP contribution in [-0.4, -0.2) is 110 Å². The highest BCUT2D eigenvalue weighted by Crippen LogP contribution is 2.47. The monoisotopic (exact) mass is 2010 g/mol. The number of nitriles is 4. The number of aliphatic hydroxyl groups is 6. The summed E-state index contributed by atoms with van der Waals surface area (Å²) in [5.74, 6) is -1.75. The van der Waals surface area contributed by atoms with Gasteiger partial charge in [-0.05, 0) is 355 Å². The minimum absolute atomic E-state index is 0. The summed E-state index contributed by atoms with van der Waals surface area (Å²) < 4.78 is 4.64. The van der Waals surface area contributed by atoms with E-state index in [-0.39, 0.29) is 95.1 Å². The molecular formula is C130H182N4O13. The van der Waals surface area contributed by atoms with Gasteiger partial charge in [-0.15, -0.1) is 0 Å². The SMILES string of the molecule is C.C.CC1=C(/C=C/C(C)=C/C=C/C(C)=C(/C#N)C(=O)O)C(C)(C)CCC1O.CC1=C(/C=C/C(C)=C/C=C/C(C)=C/C#N)C(C)(C)CCC1O.CC1=C(/C=C/C(C)=C/C=C/C(C)=C/C=C/C#N)C(C)(C)CCC1O.CC1=C(/C=C/C(C)=C/C=C/C(C)=C/C=C/C=O)C(C)(C)CCC1O.CC1=C(/C=C/C(C)=C/C=C/C(C)=C/C=O)C(C)(C)CCC1O.CC1=C(/C=C/C(C)=C/C=O)C(C)(C)CCC1O.CCOC(=O)C(C#N)=C(C)C. The summed E-state index contributed by atoms with van der Waals surface area (Å²) in [5, 5.41) is 103. The van der Waals surface area contributed by atoms with Crippen LogP contribution in [0.5, 0.6) is 0 Å². The number of carbonyl (C=O) groups is 5. The van der Waals surface area contributed by atoms with Crippen molar-refractivity contribution in [3.8, 4) is 24.3 Å². The molecular weight excluding hydrogens is 1830 g/mol. The minimum atomic E-state index is -1.22. The number of hydrogen-bond acceptors (Lipinski definition) is 16. The van der Waals surface area contributed by atoms with Gasteiger partial charge in [-0.25, -0.2) is 9.59 Å². The zero-order chi connectivity index (χ0) is 111. The zero-order valence-electron chi connectivity index (χ0n) is 93.5. The highest BCUT2D eigenvalue weighted by atomic mass is 16.5. The third-order valence-corrected chi connectivity index (χ3v) is 26.7. The molecule has 6 rings (SSSR count). The van der Waals surface area contributed by atoms with E-state index in [4.69, 9.17) is 26.2 Å². The fourth-order valence-electron chi connectivity index (χ4n) is 16.9. The maximum atomic E-state index is 10.9. The fourth-order valence-corrected chi connectivity index (χ4v) is 16.9. The van der Waals surface area contributed by atoms with Crippen molar-refractivity contribution >= 4 is 30.8 Å². The van der Waals surface area contributed by atoms with Crippen molar-refractivity contribution in [2.45, 2.75) is 350 Å². The lowest BCUT2D eigenvalue weighted by atomic mass is 9.71. The molecule has 6 aliphatic rings. The maximum absolute atomic E-state index is 10.9. The van der Waals surface area contributed by atoms with Gasteiger partial charge < -0.3 is 40.5 Å². The van der Waals surface area contributed by atoms with Crippen LogP contribution in [0.4, 0.5) is 0 Å². The third-order valence-electron chi connectivity index (χ3n) is 26.7. The first-order valence-corrected chi connectivity index (χ1v) is 50.3. The normalized spacial score (nSPS) is 21.9. The highest BCUT2D eigenvalue weighted by molar-refractivity contribution is 5.93. The van der Waals surface area contributed by atoms with Crippen LogP contribution in [0.15, 0.2) is 364 Å². The van der Waals surface area contributed by atoms with Gasteiger partial charge >= 0.3 is 11.9 Å². The lowest BCUT2D eigenvalue weighted by Crippen LogP contribution is -2.27. The summed E-state index contributed by atoms with van der Waals surface area (Å²) in [5.41, 5.74) is 25.8. The molecule has 0 aromatic rings. The predicted molar refractivity (Wildman–Crippen MR) is 616 cm³/mol. The van der Waals surface area contributed by atoms with Gasteiger partial charge in [0.15, 0.2) is 0 Å². The molecule has 17 nitrogen and oxygen atoms in total. The number of aldehydes is 3. The molecule has 6 unspecified atom stereocenters. The van der Waals surface area contributed by atoms with Gasteiger partial charge in [-0.3, -0.25) is 14.4 Å². The highest BCUT2D eigenvalue weighted by Gasteiger charge is 2.36. The van der Waals surface area contributed by atoms with Gasteiger partial charge in [0.2, 0.25) is 0 Å². The van der Waals surface area contributed by atoms with E-state index in [9.17, 15) is 54.6 Å². The van der Waals surface area contributed by atoms with Crippen LogP contribution in [0.25, 0.3) is 0 Å². The lowest BCUT2D eigenvalue weighted by molar-refractivity contribution is -0.138. The van der Waals surface area contributed by atoms with E-state index in [1.807, 2.05) is 206 Å². The van der Waals surface area contributed by atoms with Crippen LogP contribution in [0.1, 0.15) is 313 Å². The van der Waals surface area contributed by atoms with E-state index in [0.717, 1.165) is 191 Å². The second kappa shape index (κ2) is 70.5. The second-order valence-corrected chi connectivity index (χ2v) is 42.2. The van der Waals surface area contributed by atoms with Crippen molar-refractivity contribution in [3.05, 3.63) is 364 Å². The fraction of sp³-hybridized carbons (Fsp3) is 0.454. The molecule has 6 atom stereocenters. The van der Waals surface area contributed by atoms with E-state index < -0.39 is 11.9 Å². The molecule has 0 aromatic heterocycles. The van der Waals surface area contributed by atoms with Crippen LogP contribution in [0, 0.1) is 77.8 Å². The minimum Gasteiger partial charge on any atom is -0.477 e. The van der Waals surface area contributed by atoms with Crippen LogP contribution in [-0.2, 0) is 28.7 Å². The molecule has 0 fully saturated rings. The van der Waals surface area contributed by atoms with Crippen molar-refractivity contribution in [2.75, 3.05) is 6.61 Å². The Labute approximate surface area is 888 Å². The smallest absolute Gasteiger partial charge is 0.348 e. The average Bonchev–Trinajstić information content (AvgIpc) is 0.828. The number of aliphatic hydroxyl groups excluding tert-OH is 6. The number of hydrogen-bond donors (Lipinski definition) is 7. The van der Waals surface area contributed by atoms with E-state index in [0.29, 0.717) is 17.8 Å². The molecule has 6 aliphatic carbocycles. The number of carbonyl (C=O) groups excluding carboxylic acids is 4. The Hall–Kier alpha value is -12.4. The Morgan fingerprint density at radius 2 is 0.537 bits per heavy atom. The standard InChI is InChI=1S/C22H29NO.C22H30O2.C21H27NO3.C20H27NO.C20H28O2.C15H22O2.C8H11NO2.2CH4/c2*1-17(9-6-7-16-23)10-8-11-18(2)12-13-20-19(3)21(24)14-15-22(20,4)5;1-14(7-6-8-15(2)17(13-22)20(24)25)9-10-18-16(3)19(23)11-12-21(18,4)5;2*1-15(7-6-8-16(2)12-14-21)9-10-18-17(3)19(22)11-13-20(18,4)5;1-11(8-10-16)5-6-13-12(2)14(17)7-9-15(13,3)4;1-4-11-8(10)7(5-9)6(2)3;;/h6-13,21,24H,14-15H2,1-5H3;6-13,16,21,24H,14-15H2,1-5H3;6-10,19,23H,11-12H2,1-5H3,(H,24,25);6-10,12,19,22H,11,13H2,1-5H3;6-10,12,14,19,22H,11,13H2,1-5H3;5-6,8,10,14,17H,7,9H2,1-4H3;4H2,1-3H3;2*1H4/b2*7-6+,10-8+,13-12+,17-9+,18-11+;8-6+,10-9+,14-7+,17-15-;2*8-6+,10-9+,15-7+,16-12+;6-5+,11-8+;;;. The van der Waals surface area contributed by atoms with Crippen molar-refractivity contribution in [1.82, 2.24) is 0 Å². The van der Waals surface area contributed by atoms with Gasteiger partial charge in [0, 0.05) is 12.2 Å². The molecule has 0 aromatic carbocycles. The van der Waals surface area contributed by atoms with Crippen LogP contribution in [0.3, 0.4) is 0 Å². The largest absolute Gasteiger partial charge is 0.477 e. The summed E-state index contributed by atoms with van der Waals surface area (Å²) in [6.45, 7) is 65.6. The van der Waals surface area contributed by atoms with Crippen LogP contribution < -0.4 is 0 Å². The molecule has 0 aliphatic heterocycles. The van der Waals surface area contributed by atoms with Gasteiger partial charge in [0.05, 0.1) is 55.4 Å². The van der Waals surface area contributed by atoms with Crippen molar-refractivity contribution in [2.24, 2.45) is 32.5 Å². The Bertz CT molecular complexity index is 5670. The topological polar surface area (TPSA) is 331 Å². The number of rotatable bonds is 30. The molecule has 0 saturated carbocycles. The summed E-state index contributed by atoms with van der Waals surface area (Å²) in [4.78, 5) is 52.7. The van der Waals surface area contributed by atoms with Crippen LogP contribution >= 0.6 is 0 Å². The molecule has 800 valence electrons. The molecule has 7 N–H and O–H groups in total. The third kappa shape index (κ3) is 52.7. The number of allylic oxidation sites excluding steroid dienone is 54. The molecule has 0 amide bonds. The van der Waals surface area contributed by atoms with Crippen molar-refractivity contribution in [1.29, 1.82) is 21.0 Å². The zero-order valence-corrected chi connectivity index (χ0v) is 93.5. The van der Waals surface area contributed by atoms with E-state index >= 15 is 0 Å². The Balaban J connectivity index is -0.00000166. The molecule has 0 heterocycles. The molecule has 0 radical (unpaired) electrons. The van der Waals surface area contributed by atoms with Gasteiger partial charge in [-0.1, -0.05) is 331 Å².